The van der Waals surface area contributed by atoms with Gasteiger partial charge in [0, 0.05) is 23.2 Å². The smallest absolute Gasteiger partial charge is 0.339 e. The monoisotopic (exact) mass is 384 g/mol. The van der Waals surface area contributed by atoms with Gasteiger partial charge >= 0.3 is 5.97 Å². The second-order valence-corrected chi connectivity index (χ2v) is 6.08. The van der Waals surface area contributed by atoms with E-state index in [0.29, 0.717) is 17.1 Å². The van der Waals surface area contributed by atoms with Crippen molar-refractivity contribution >= 4 is 29.2 Å². The molecular weight excluding hydrogens is 368 g/mol. The second-order valence-electron chi connectivity index (χ2n) is 5.68. The Morgan fingerprint density at radius 2 is 1.93 bits per heavy atom. The molecule has 0 unspecified atom stereocenters. The minimum Gasteiger partial charge on any atom is -0.465 e. The molecule has 0 bridgehead atoms. The standard InChI is InChI=1S/C19H17ClN4O3/c1-3-16-22-17(24-23-16)11-4-6-12(7-5-11)18(25)21-13-8-9-15(20)14(10-13)19(26)27-2/h4-10H,3H2,1-2H3,(H,21,25)(H,22,23,24). The first-order chi connectivity index (χ1) is 13.0. The van der Waals surface area contributed by atoms with E-state index in [2.05, 4.69) is 25.2 Å². The molecule has 0 saturated heterocycles. The highest BCUT2D eigenvalue weighted by molar-refractivity contribution is 6.33. The number of hydrogen-bond donors (Lipinski definition) is 2. The zero-order valence-corrected chi connectivity index (χ0v) is 15.5. The van der Waals surface area contributed by atoms with Gasteiger partial charge in [0.05, 0.1) is 17.7 Å². The van der Waals surface area contributed by atoms with Gasteiger partial charge in [-0.1, -0.05) is 30.7 Å². The van der Waals surface area contributed by atoms with E-state index in [-0.39, 0.29) is 16.5 Å². The van der Waals surface area contributed by atoms with Crippen LogP contribution in [0.2, 0.25) is 5.02 Å². The maximum atomic E-state index is 12.5. The number of nitrogens with zero attached hydrogens (tertiary/aromatic N) is 2. The molecule has 1 amide bonds. The number of halogens is 1. The summed E-state index contributed by atoms with van der Waals surface area (Å²) in [5, 5.41) is 9.99. The number of H-pyrrole nitrogens is 1. The number of nitrogens with one attached hydrogen (secondary N) is 2. The van der Waals surface area contributed by atoms with Crippen LogP contribution in [0.4, 0.5) is 5.69 Å². The fourth-order valence-corrected chi connectivity index (χ4v) is 2.62. The van der Waals surface area contributed by atoms with E-state index in [1.807, 2.05) is 6.92 Å². The molecule has 3 aromatic rings. The van der Waals surface area contributed by atoms with Crippen LogP contribution in [0.25, 0.3) is 11.4 Å². The van der Waals surface area contributed by atoms with Gasteiger partial charge in [-0.3, -0.25) is 9.89 Å². The topological polar surface area (TPSA) is 97.0 Å². The van der Waals surface area contributed by atoms with Gasteiger partial charge in [0.1, 0.15) is 5.82 Å². The van der Waals surface area contributed by atoms with Gasteiger partial charge in [0.15, 0.2) is 5.82 Å². The first kappa shape index (κ1) is 18.6. The molecule has 1 aromatic heterocycles. The largest absolute Gasteiger partial charge is 0.465 e. The summed E-state index contributed by atoms with van der Waals surface area (Å²) in [6, 6.07) is 11.5. The van der Waals surface area contributed by atoms with E-state index in [9.17, 15) is 9.59 Å². The maximum Gasteiger partial charge on any atom is 0.339 e. The van der Waals surface area contributed by atoms with E-state index < -0.39 is 5.97 Å². The molecule has 0 radical (unpaired) electrons. The molecule has 8 heteroatoms. The fourth-order valence-electron chi connectivity index (χ4n) is 2.43. The molecule has 7 nitrogen and oxygen atoms in total. The minimum atomic E-state index is -0.571. The van der Waals surface area contributed by atoms with Gasteiger partial charge in [0.2, 0.25) is 0 Å². The van der Waals surface area contributed by atoms with Crippen LogP contribution in [-0.2, 0) is 11.2 Å². The Morgan fingerprint density at radius 1 is 1.19 bits per heavy atom. The van der Waals surface area contributed by atoms with E-state index in [1.54, 1.807) is 30.3 Å². The number of anilines is 1. The van der Waals surface area contributed by atoms with Crippen LogP contribution in [0.5, 0.6) is 0 Å². The Hall–Kier alpha value is -3.19. The predicted molar refractivity (Wildman–Crippen MR) is 102 cm³/mol. The lowest BCUT2D eigenvalue weighted by Crippen LogP contribution is -2.12. The van der Waals surface area contributed by atoms with Crippen molar-refractivity contribution < 1.29 is 14.3 Å². The average Bonchev–Trinajstić information content (AvgIpc) is 3.18. The van der Waals surface area contributed by atoms with E-state index in [4.69, 9.17) is 11.6 Å². The van der Waals surface area contributed by atoms with E-state index in [0.717, 1.165) is 17.8 Å². The molecule has 2 aromatic carbocycles. The number of methoxy groups -OCH3 is 1. The van der Waals surface area contributed by atoms with Crippen molar-refractivity contribution in [2.75, 3.05) is 12.4 Å². The number of benzene rings is 2. The molecule has 0 fully saturated rings. The number of aromatic amines is 1. The van der Waals surface area contributed by atoms with Crippen LogP contribution in [0, 0.1) is 0 Å². The number of aryl methyl sites for hydroxylation is 1. The molecule has 0 aliphatic heterocycles. The highest BCUT2D eigenvalue weighted by atomic mass is 35.5. The van der Waals surface area contributed by atoms with Gasteiger partial charge in [-0.25, -0.2) is 9.78 Å². The molecule has 1 heterocycles. The van der Waals surface area contributed by atoms with Gasteiger partial charge in [-0.2, -0.15) is 5.10 Å². The van der Waals surface area contributed by atoms with Crippen LogP contribution in [0.1, 0.15) is 33.5 Å². The van der Waals surface area contributed by atoms with Crippen molar-refractivity contribution in [2.24, 2.45) is 0 Å². The summed E-state index contributed by atoms with van der Waals surface area (Å²) < 4.78 is 4.68. The normalized spacial score (nSPS) is 10.5. The number of hydrogen-bond acceptors (Lipinski definition) is 5. The van der Waals surface area contributed by atoms with Crippen LogP contribution in [-0.4, -0.2) is 34.2 Å². The van der Waals surface area contributed by atoms with Gasteiger partial charge in [-0.05, 0) is 30.3 Å². The Kier molecular flexibility index (Phi) is 5.52. The number of ether oxygens (including phenoxy) is 1. The first-order valence-corrected chi connectivity index (χ1v) is 8.60. The lowest BCUT2D eigenvalue weighted by molar-refractivity contribution is 0.0600. The zero-order valence-electron chi connectivity index (χ0n) is 14.7. The van der Waals surface area contributed by atoms with Crippen LogP contribution in [0.3, 0.4) is 0 Å². The fraction of sp³-hybridized carbons (Fsp3) is 0.158. The number of aromatic nitrogens is 3. The van der Waals surface area contributed by atoms with Crippen molar-refractivity contribution in [1.82, 2.24) is 15.2 Å². The zero-order chi connectivity index (χ0) is 19.4. The Morgan fingerprint density at radius 3 is 2.56 bits per heavy atom. The van der Waals surface area contributed by atoms with Gasteiger partial charge < -0.3 is 10.1 Å². The lowest BCUT2D eigenvalue weighted by Gasteiger charge is -2.08. The number of carbonyl (C=O) groups excluding carboxylic acids is 2. The second kappa shape index (κ2) is 8.01. The van der Waals surface area contributed by atoms with Gasteiger partial charge in [0.25, 0.3) is 5.91 Å². The molecular formula is C19H17ClN4O3. The van der Waals surface area contributed by atoms with Crippen LogP contribution in [0.15, 0.2) is 42.5 Å². The molecule has 0 aliphatic carbocycles. The minimum absolute atomic E-state index is 0.184. The summed E-state index contributed by atoms with van der Waals surface area (Å²) in [6.07, 6.45) is 0.766. The Labute approximate surface area is 160 Å². The Balaban J connectivity index is 1.75. The Bertz CT molecular complexity index is 983. The van der Waals surface area contributed by atoms with E-state index in [1.165, 1.54) is 19.2 Å². The third-order valence-corrected chi connectivity index (χ3v) is 4.23. The average molecular weight is 385 g/mol. The van der Waals surface area contributed by atoms with Crippen molar-refractivity contribution in [3.8, 4) is 11.4 Å². The summed E-state index contributed by atoms with van der Waals surface area (Å²) in [5.74, 6) is 0.498. The van der Waals surface area contributed by atoms with Crippen LogP contribution >= 0.6 is 11.6 Å². The quantitative estimate of drug-likeness (QED) is 0.653. The highest BCUT2D eigenvalue weighted by Crippen LogP contribution is 2.22. The van der Waals surface area contributed by atoms with E-state index >= 15 is 0 Å². The van der Waals surface area contributed by atoms with Gasteiger partial charge in [-0.15, -0.1) is 0 Å². The molecule has 0 spiro atoms. The third kappa shape index (κ3) is 4.15. The molecule has 2 N–H and O–H groups in total. The number of carbonyl (C=O) groups is 2. The predicted octanol–water partition coefficient (Wildman–Crippen LogP) is 3.73. The molecule has 0 saturated carbocycles. The first-order valence-electron chi connectivity index (χ1n) is 8.22. The van der Waals surface area contributed by atoms with Crippen molar-refractivity contribution in [3.05, 3.63) is 64.4 Å². The summed E-state index contributed by atoms with van der Waals surface area (Å²) in [4.78, 5) is 28.5. The SMILES string of the molecule is CCc1nc(-c2ccc(C(=O)Nc3ccc(Cl)c(C(=O)OC)c3)cc2)n[nH]1. The van der Waals surface area contributed by atoms with Crippen LogP contribution < -0.4 is 5.32 Å². The van der Waals surface area contributed by atoms with Crippen molar-refractivity contribution in [3.63, 3.8) is 0 Å². The number of esters is 1. The molecule has 0 aliphatic rings. The molecule has 138 valence electrons. The summed E-state index contributed by atoms with van der Waals surface area (Å²) in [7, 11) is 1.27. The molecule has 0 atom stereocenters. The summed E-state index contributed by atoms with van der Waals surface area (Å²) in [6.45, 7) is 1.99. The number of rotatable bonds is 5. The lowest BCUT2D eigenvalue weighted by atomic mass is 10.1. The molecule has 27 heavy (non-hydrogen) atoms. The third-order valence-electron chi connectivity index (χ3n) is 3.90. The highest BCUT2D eigenvalue weighted by Gasteiger charge is 2.14. The summed E-state index contributed by atoms with van der Waals surface area (Å²) in [5.41, 5.74) is 1.89. The van der Waals surface area contributed by atoms with Crippen molar-refractivity contribution in [1.29, 1.82) is 0 Å². The number of amides is 1. The molecule has 3 rings (SSSR count). The maximum absolute atomic E-state index is 12.5. The van der Waals surface area contributed by atoms with Crippen molar-refractivity contribution in [2.45, 2.75) is 13.3 Å². The summed E-state index contributed by atoms with van der Waals surface area (Å²) >= 11 is 5.98.